The number of amides is 2. The molecule has 2 atom stereocenters. The average Bonchev–Trinajstić information content (AvgIpc) is 3.06. The molecule has 2 aliphatic rings. The van der Waals surface area contributed by atoms with Gasteiger partial charge in [-0.1, -0.05) is 18.2 Å². The zero-order chi connectivity index (χ0) is 14.8. The van der Waals surface area contributed by atoms with E-state index in [4.69, 9.17) is 0 Å². The molecule has 2 heterocycles. The number of hydrogen-bond donors (Lipinski definition) is 2. The number of benzene rings is 1. The maximum atomic E-state index is 12.4. The summed E-state index contributed by atoms with van der Waals surface area (Å²) in [4.78, 5) is 25.4. The predicted octanol–water partition coefficient (Wildman–Crippen LogP) is 1.32. The third-order valence-corrected chi connectivity index (χ3v) is 4.31. The number of rotatable bonds is 3. The second kappa shape index (κ2) is 5.76. The van der Waals surface area contributed by atoms with Crippen LogP contribution in [0.4, 0.5) is 5.69 Å². The van der Waals surface area contributed by atoms with Crippen molar-refractivity contribution in [2.24, 2.45) is 0 Å². The molecule has 1 fully saturated rings. The number of fused-ring (bicyclic) bond motifs is 1. The van der Waals surface area contributed by atoms with E-state index in [2.05, 4.69) is 22.8 Å². The maximum absolute atomic E-state index is 12.4. The van der Waals surface area contributed by atoms with Gasteiger partial charge in [0, 0.05) is 50.6 Å². The minimum absolute atomic E-state index is 0.0248. The number of hydrogen-bond acceptors (Lipinski definition) is 3. The lowest BCUT2D eigenvalue weighted by molar-refractivity contribution is -0.130. The molecule has 2 unspecified atom stereocenters. The zero-order valence-electron chi connectivity index (χ0n) is 12.3. The van der Waals surface area contributed by atoms with Crippen LogP contribution in [0.25, 0.3) is 0 Å². The van der Waals surface area contributed by atoms with Crippen LogP contribution in [0, 0.1) is 0 Å². The molecule has 3 rings (SSSR count). The fourth-order valence-corrected chi connectivity index (χ4v) is 3.27. The molecule has 1 saturated heterocycles. The van der Waals surface area contributed by atoms with Gasteiger partial charge in [-0.2, -0.15) is 0 Å². The van der Waals surface area contributed by atoms with Gasteiger partial charge in [-0.15, -0.1) is 0 Å². The minimum Gasteiger partial charge on any atom is -0.384 e. The highest BCUT2D eigenvalue weighted by atomic mass is 16.2. The first-order valence-corrected chi connectivity index (χ1v) is 7.51. The molecule has 5 nitrogen and oxygen atoms in total. The van der Waals surface area contributed by atoms with Crippen LogP contribution in [0.1, 0.15) is 31.2 Å². The number of anilines is 1. The topological polar surface area (TPSA) is 61.4 Å². The van der Waals surface area contributed by atoms with Crippen LogP contribution in [0.5, 0.6) is 0 Å². The SMILES string of the molecule is CC(=O)NC1CCN(C(=O)CC2CNc3ccccc32)C1. The Balaban J connectivity index is 1.57. The van der Waals surface area contributed by atoms with E-state index in [-0.39, 0.29) is 23.8 Å². The Labute approximate surface area is 124 Å². The molecule has 0 spiro atoms. The molecular weight excluding hydrogens is 266 g/mol. The number of nitrogens with zero attached hydrogens (tertiary/aromatic N) is 1. The molecule has 21 heavy (non-hydrogen) atoms. The van der Waals surface area contributed by atoms with Crippen molar-refractivity contribution in [2.75, 3.05) is 25.0 Å². The molecule has 2 amide bonds. The Hall–Kier alpha value is -2.04. The highest BCUT2D eigenvalue weighted by molar-refractivity contribution is 5.79. The first kappa shape index (κ1) is 13.9. The van der Waals surface area contributed by atoms with Crippen molar-refractivity contribution in [2.45, 2.75) is 31.7 Å². The van der Waals surface area contributed by atoms with E-state index in [9.17, 15) is 9.59 Å². The van der Waals surface area contributed by atoms with Crippen molar-refractivity contribution in [3.05, 3.63) is 29.8 Å². The average molecular weight is 287 g/mol. The van der Waals surface area contributed by atoms with Gasteiger partial charge in [-0.25, -0.2) is 0 Å². The van der Waals surface area contributed by atoms with Gasteiger partial charge < -0.3 is 15.5 Å². The van der Waals surface area contributed by atoms with E-state index in [1.165, 1.54) is 12.5 Å². The smallest absolute Gasteiger partial charge is 0.223 e. The van der Waals surface area contributed by atoms with E-state index >= 15 is 0 Å². The lowest BCUT2D eigenvalue weighted by Gasteiger charge is -2.19. The molecule has 0 saturated carbocycles. The number of nitrogens with one attached hydrogen (secondary N) is 2. The maximum Gasteiger partial charge on any atom is 0.223 e. The van der Waals surface area contributed by atoms with Crippen molar-refractivity contribution in [1.29, 1.82) is 0 Å². The second-order valence-corrected chi connectivity index (χ2v) is 5.90. The highest BCUT2D eigenvalue weighted by Gasteiger charge is 2.30. The molecule has 2 N–H and O–H groups in total. The van der Waals surface area contributed by atoms with Crippen LogP contribution < -0.4 is 10.6 Å². The number of carbonyl (C=O) groups excluding carboxylic acids is 2. The Morgan fingerprint density at radius 1 is 1.38 bits per heavy atom. The van der Waals surface area contributed by atoms with Crippen LogP contribution in [0.15, 0.2) is 24.3 Å². The fourth-order valence-electron chi connectivity index (χ4n) is 3.27. The van der Waals surface area contributed by atoms with Gasteiger partial charge in [0.15, 0.2) is 0 Å². The molecule has 0 bridgehead atoms. The molecule has 0 radical (unpaired) electrons. The standard InChI is InChI=1S/C16H21N3O2/c1-11(20)18-13-6-7-19(10-13)16(21)8-12-9-17-15-5-3-2-4-14(12)15/h2-5,12-13,17H,6-10H2,1H3,(H,18,20). The summed E-state index contributed by atoms with van der Waals surface area (Å²) < 4.78 is 0. The summed E-state index contributed by atoms with van der Waals surface area (Å²) in [6, 6.07) is 8.29. The lowest BCUT2D eigenvalue weighted by atomic mass is 9.97. The van der Waals surface area contributed by atoms with Gasteiger partial charge in [-0.3, -0.25) is 9.59 Å². The highest BCUT2D eigenvalue weighted by Crippen LogP contribution is 2.33. The summed E-state index contributed by atoms with van der Waals surface area (Å²) in [5.74, 6) is 0.420. The van der Waals surface area contributed by atoms with Crippen LogP contribution in [-0.2, 0) is 9.59 Å². The van der Waals surface area contributed by atoms with Crippen LogP contribution in [0.2, 0.25) is 0 Å². The van der Waals surface area contributed by atoms with E-state index < -0.39 is 0 Å². The van der Waals surface area contributed by atoms with Crippen molar-refractivity contribution in [3.8, 4) is 0 Å². The van der Waals surface area contributed by atoms with E-state index in [0.717, 1.165) is 25.2 Å². The predicted molar refractivity (Wildman–Crippen MR) is 81.1 cm³/mol. The third kappa shape index (κ3) is 3.01. The first-order chi connectivity index (χ1) is 10.1. The van der Waals surface area contributed by atoms with Crippen molar-refractivity contribution in [3.63, 3.8) is 0 Å². The molecule has 1 aromatic rings. The van der Waals surface area contributed by atoms with Gasteiger partial charge in [0.25, 0.3) is 0 Å². The molecule has 2 aliphatic heterocycles. The Morgan fingerprint density at radius 2 is 2.19 bits per heavy atom. The Kier molecular flexibility index (Phi) is 3.82. The molecule has 0 aliphatic carbocycles. The quantitative estimate of drug-likeness (QED) is 0.881. The molecular formula is C16H21N3O2. The minimum atomic E-state index is -0.0248. The normalized spacial score (nSPS) is 23.6. The first-order valence-electron chi connectivity index (χ1n) is 7.51. The van der Waals surface area contributed by atoms with Crippen LogP contribution >= 0.6 is 0 Å². The summed E-state index contributed by atoms with van der Waals surface area (Å²) in [7, 11) is 0. The van der Waals surface area contributed by atoms with Gasteiger partial charge in [0.05, 0.1) is 0 Å². The summed E-state index contributed by atoms with van der Waals surface area (Å²) in [5.41, 5.74) is 2.39. The lowest BCUT2D eigenvalue weighted by Crippen LogP contribution is -2.37. The molecule has 5 heteroatoms. The summed E-state index contributed by atoms with van der Waals surface area (Å²) in [5, 5.41) is 6.24. The second-order valence-electron chi connectivity index (χ2n) is 5.90. The monoisotopic (exact) mass is 287 g/mol. The number of likely N-dealkylation sites (tertiary alicyclic amines) is 1. The van der Waals surface area contributed by atoms with E-state index in [1.807, 2.05) is 17.0 Å². The third-order valence-electron chi connectivity index (χ3n) is 4.31. The van der Waals surface area contributed by atoms with Gasteiger partial charge in [-0.05, 0) is 18.1 Å². The summed E-state index contributed by atoms with van der Waals surface area (Å²) >= 11 is 0. The van der Waals surface area contributed by atoms with Crippen molar-refractivity contribution >= 4 is 17.5 Å². The van der Waals surface area contributed by atoms with Crippen molar-refractivity contribution in [1.82, 2.24) is 10.2 Å². The zero-order valence-corrected chi connectivity index (χ0v) is 12.3. The van der Waals surface area contributed by atoms with Gasteiger partial charge >= 0.3 is 0 Å². The molecule has 112 valence electrons. The van der Waals surface area contributed by atoms with Crippen molar-refractivity contribution < 1.29 is 9.59 Å². The van der Waals surface area contributed by atoms with Crippen LogP contribution in [0.3, 0.4) is 0 Å². The fraction of sp³-hybridized carbons (Fsp3) is 0.500. The number of carbonyl (C=O) groups is 2. The Morgan fingerprint density at radius 3 is 3.00 bits per heavy atom. The Bertz CT molecular complexity index is 558. The van der Waals surface area contributed by atoms with E-state index in [0.29, 0.717) is 13.0 Å². The largest absolute Gasteiger partial charge is 0.384 e. The number of para-hydroxylation sites is 1. The van der Waals surface area contributed by atoms with Gasteiger partial charge in [0.2, 0.25) is 11.8 Å². The molecule has 0 aromatic heterocycles. The van der Waals surface area contributed by atoms with Gasteiger partial charge in [0.1, 0.15) is 0 Å². The molecule has 1 aromatic carbocycles. The van der Waals surface area contributed by atoms with Crippen LogP contribution in [-0.4, -0.2) is 42.4 Å². The van der Waals surface area contributed by atoms with E-state index in [1.54, 1.807) is 0 Å². The summed E-state index contributed by atoms with van der Waals surface area (Å²) in [6.07, 6.45) is 1.39. The summed E-state index contributed by atoms with van der Waals surface area (Å²) in [6.45, 7) is 3.73.